The number of amides is 1. The third kappa shape index (κ3) is 4.01. The summed E-state index contributed by atoms with van der Waals surface area (Å²) >= 11 is 0. The summed E-state index contributed by atoms with van der Waals surface area (Å²) in [6, 6.07) is 28.0. The minimum atomic E-state index is -0.407. The van der Waals surface area contributed by atoms with Gasteiger partial charge in [0.25, 0.3) is 5.91 Å². The minimum Gasteiger partial charge on any atom is -0.374 e. The second kappa shape index (κ2) is 7.92. The van der Waals surface area contributed by atoms with Crippen molar-refractivity contribution in [2.24, 2.45) is 5.10 Å². The van der Waals surface area contributed by atoms with Crippen LogP contribution in [0.4, 0.5) is 5.69 Å². The van der Waals surface area contributed by atoms with Gasteiger partial charge in [-0.3, -0.25) is 4.79 Å². The normalized spacial score (nSPS) is 12.3. The number of benzene rings is 4. The van der Waals surface area contributed by atoms with Gasteiger partial charge in [0.1, 0.15) is 6.04 Å². The standard InChI is InChI=1S/C24H21N3O/c1-17(26-23-13-12-20-7-3-5-9-22(20)15-23)24(28)27-25-16-18-10-11-19-6-2-4-8-21(19)14-18/h2-17,26H,1H3,(H,27,28)/b25-16-/t17-/m0/s1. The Balaban J connectivity index is 1.38. The van der Waals surface area contributed by atoms with Gasteiger partial charge in [-0.25, -0.2) is 5.43 Å². The van der Waals surface area contributed by atoms with Crippen molar-refractivity contribution >= 4 is 39.4 Å². The molecular formula is C24H21N3O. The molecule has 0 aliphatic heterocycles. The van der Waals surface area contributed by atoms with Crippen LogP contribution < -0.4 is 10.7 Å². The molecule has 0 aliphatic carbocycles. The zero-order valence-electron chi connectivity index (χ0n) is 15.6. The number of fused-ring (bicyclic) bond motifs is 2. The highest BCUT2D eigenvalue weighted by molar-refractivity contribution is 5.92. The van der Waals surface area contributed by atoms with Crippen molar-refractivity contribution < 1.29 is 4.79 Å². The zero-order chi connectivity index (χ0) is 19.3. The van der Waals surface area contributed by atoms with E-state index in [9.17, 15) is 4.79 Å². The van der Waals surface area contributed by atoms with Gasteiger partial charge >= 0.3 is 0 Å². The van der Waals surface area contributed by atoms with E-state index in [4.69, 9.17) is 0 Å². The Hall–Kier alpha value is -3.66. The summed E-state index contributed by atoms with van der Waals surface area (Å²) < 4.78 is 0. The Labute approximate surface area is 163 Å². The molecule has 0 heterocycles. The van der Waals surface area contributed by atoms with Gasteiger partial charge in [-0.15, -0.1) is 0 Å². The Kier molecular flexibility index (Phi) is 5.02. The van der Waals surface area contributed by atoms with Crippen LogP contribution in [-0.2, 0) is 4.79 Å². The molecule has 0 aliphatic rings. The third-order valence-corrected chi connectivity index (χ3v) is 4.69. The molecule has 0 radical (unpaired) electrons. The van der Waals surface area contributed by atoms with Gasteiger partial charge in [0.2, 0.25) is 0 Å². The predicted octanol–water partition coefficient (Wildman–Crippen LogP) is 4.94. The van der Waals surface area contributed by atoms with Crippen LogP contribution in [0.5, 0.6) is 0 Å². The Morgan fingerprint density at radius 3 is 2.14 bits per heavy atom. The molecule has 0 aromatic heterocycles. The maximum Gasteiger partial charge on any atom is 0.262 e. The smallest absolute Gasteiger partial charge is 0.262 e. The molecule has 4 aromatic rings. The summed E-state index contributed by atoms with van der Waals surface area (Å²) in [6.45, 7) is 1.82. The van der Waals surface area contributed by atoms with E-state index >= 15 is 0 Å². The lowest BCUT2D eigenvalue weighted by atomic mass is 10.1. The van der Waals surface area contributed by atoms with Gasteiger partial charge in [0, 0.05) is 5.69 Å². The molecule has 2 N–H and O–H groups in total. The van der Waals surface area contributed by atoms with E-state index in [2.05, 4.69) is 40.1 Å². The zero-order valence-corrected chi connectivity index (χ0v) is 15.6. The molecule has 0 saturated heterocycles. The summed E-state index contributed by atoms with van der Waals surface area (Å²) in [7, 11) is 0. The van der Waals surface area contributed by atoms with Crippen LogP contribution in [0.1, 0.15) is 12.5 Å². The van der Waals surface area contributed by atoms with Crippen LogP contribution in [0.2, 0.25) is 0 Å². The number of carbonyl (C=O) groups excluding carboxylic acids is 1. The van der Waals surface area contributed by atoms with Gasteiger partial charge < -0.3 is 5.32 Å². The van der Waals surface area contributed by atoms with Crippen molar-refractivity contribution in [2.45, 2.75) is 13.0 Å². The SMILES string of the molecule is C[C@H](Nc1ccc2ccccc2c1)C(=O)N/N=C\c1ccc2ccccc2c1. The lowest BCUT2D eigenvalue weighted by molar-refractivity contribution is -0.121. The maximum absolute atomic E-state index is 12.3. The monoisotopic (exact) mass is 367 g/mol. The molecule has 1 atom stereocenters. The average molecular weight is 367 g/mol. The molecule has 1 amide bonds. The molecule has 0 saturated carbocycles. The van der Waals surface area contributed by atoms with Crippen molar-refractivity contribution in [2.75, 3.05) is 5.32 Å². The summed E-state index contributed by atoms with van der Waals surface area (Å²) in [5.41, 5.74) is 4.45. The van der Waals surface area contributed by atoms with Gasteiger partial charge in [0.05, 0.1) is 6.21 Å². The molecule has 0 spiro atoms. The number of hydrogen-bond acceptors (Lipinski definition) is 3. The fourth-order valence-electron chi connectivity index (χ4n) is 3.15. The van der Waals surface area contributed by atoms with Crippen LogP contribution in [0.25, 0.3) is 21.5 Å². The number of carbonyl (C=O) groups is 1. The predicted molar refractivity (Wildman–Crippen MR) is 117 cm³/mol. The van der Waals surface area contributed by atoms with Crippen LogP contribution in [-0.4, -0.2) is 18.2 Å². The Bertz CT molecular complexity index is 1170. The van der Waals surface area contributed by atoms with Gasteiger partial charge in [-0.05, 0) is 52.2 Å². The molecule has 4 heteroatoms. The highest BCUT2D eigenvalue weighted by Gasteiger charge is 2.11. The van der Waals surface area contributed by atoms with Crippen molar-refractivity contribution in [3.63, 3.8) is 0 Å². The molecule has 0 bridgehead atoms. The van der Waals surface area contributed by atoms with Gasteiger partial charge in [-0.1, -0.05) is 66.7 Å². The van der Waals surface area contributed by atoms with Crippen molar-refractivity contribution in [3.05, 3.63) is 90.5 Å². The van der Waals surface area contributed by atoms with Crippen LogP contribution >= 0.6 is 0 Å². The summed E-state index contributed by atoms with van der Waals surface area (Å²) in [5.74, 6) is -0.190. The van der Waals surface area contributed by atoms with E-state index in [-0.39, 0.29) is 5.91 Å². The molecule has 4 aromatic carbocycles. The molecular weight excluding hydrogens is 346 g/mol. The lowest BCUT2D eigenvalue weighted by Gasteiger charge is -2.14. The number of rotatable bonds is 5. The molecule has 0 fully saturated rings. The van der Waals surface area contributed by atoms with E-state index in [0.29, 0.717) is 0 Å². The number of nitrogens with zero attached hydrogens (tertiary/aromatic N) is 1. The van der Waals surface area contributed by atoms with Crippen LogP contribution in [0.15, 0.2) is 90.0 Å². The van der Waals surface area contributed by atoms with E-state index in [1.54, 1.807) is 6.21 Å². The first kappa shape index (κ1) is 17.7. The average Bonchev–Trinajstić information content (AvgIpc) is 2.73. The third-order valence-electron chi connectivity index (χ3n) is 4.69. The fourth-order valence-corrected chi connectivity index (χ4v) is 3.15. The van der Waals surface area contributed by atoms with Crippen molar-refractivity contribution in [3.8, 4) is 0 Å². The molecule has 4 nitrogen and oxygen atoms in total. The van der Waals surface area contributed by atoms with E-state index in [1.807, 2.05) is 67.6 Å². The summed E-state index contributed by atoms with van der Waals surface area (Å²) in [6.07, 6.45) is 1.66. The second-order valence-corrected chi connectivity index (χ2v) is 6.77. The first-order valence-electron chi connectivity index (χ1n) is 9.26. The van der Waals surface area contributed by atoms with Crippen molar-refractivity contribution in [1.82, 2.24) is 5.43 Å². The van der Waals surface area contributed by atoms with Gasteiger partial charge in [-0.2, -0.15) is 5.10 Å². The maximum atomic E-state index is 12.3. The minimum absolute atomic E-state index is 0.190. The Morgan fingerprint density at radius 2 is 1.43 bits per heavy atom. The van der Waals surface area contributed by atoms with E-state index < -0.39 is 6.04 Å². The highest BCUT2D eigenvalue weighted by atomic mass is 16.2. The number of hydrogen-bond donors (Lipinski definition) is 2. The topological polar surface area (TPSA) is 53.5 Å². The van der Waals surface area contributed by atoms with Crippen LogP contribution in [0, 0.1) is 0 Å². The molecule has 0 unspecified atom stereocenters. The number of anilines is 1. The largest absolute Gasteiger partial charge is 0.374 e. The second-order valence-electron chi connectivity index (χ2n) is 6.77. The summed E-state index contributed by atoms with van der Waals surface area (Å²) in [4.78, 5) is 12.3. The van der Waals surface area contributed by atoms with Crippen molar-refractivity contribution in [1.29, 1.82) is 0 Å². The lowest BCUT2D eigenvalue weighted by Crippen LogP contribution is -2.34. The fraction of sp³-hybridized carbons (Fsp3) is 0.0833. The first-order valence-corrected chi connectivity index (χ1v) is 9.26. The molecule has 138 valence electrons. The Morgan fingerprint density at radius 1 is 0.821 bits per heavy atom. The van der Waals surface area contributed by atoms with Gasteiger partial charge in [0.15, 0.2) is 0 Å². The quantitative estimate of drug-likeness (QED) is 0.388. The number of hydrazone groups is 1. The summed E-state index contributed by atoms with van der Waals surface area (Å²) in [5, 5.41) is 11.9. The molecule has 28 heavy (non-hydrogen) atoms. The van der Waals surface area contributed by atoms with Crippen LogP contribution in [0.3, 0.4) is 0 Å². The highest BCUT2D eigenvalue weighted by Crippen LogP contribution is 2.19. The molecule has 4 rings (SSSR count). The number of nitrogens with one attached hydrogen (secondary N) is 2. The first-order chi connectivity index (χ1) is 13.7. The van der Waals surface area contributed by atoms with E-state index in [1.165, 1.54) is 10.8 Å². The van der Waals surface area contributed by atoms with E-state index in [0.717, 1.165) is 22.0 Å².